The Morgan fingerprint density at radius 2 is 2.18 bits per heavy atom. The summed E-state index contributed by atoms with van der Waals surface area (Å²) in [6.07, 6.45) is 3.86. The molecular formula is C14H22N2O. The Morgan fingerprint density at radius 1 is 1.41 bits per heavy atom. The van der Waals surface area contributed by atoms with E-state index in [1.54, 1.807) is 13.1 Å². The van der Waals surface area contributed by atoms with E-state index in [4.69, 9.17) is 0 Å². The fourth-order valence-corrected chi connectivity index (χ4v) is 2.45. The van der Waals surface area contributed by atoms with Gasteiger partial charge in [-0.25, -0.2) is 4.98 Å². The van der Waals surface area contributed by atoms with E-state index in [-0.39, 0.29) is 0 Å². The Hall–Kier alpha value is -1.09. The van der Waals surface area contributed by atoms with Crippen molar-refractivity contribution in [2.45, 2.75) is 39.7 Å². The minimum absolute atomic E-state index is 0.378. The standard InChI is InChI=1S/C14H22N2O/c1-11(17)12-5-6-13(15-9-12)16-8-4-7-14(2,3)10-16/h5-6,9,11,17H,4,7-8,10H2,1-3H3/t11-/m0/s1. The lowest BCUT2D eigenvalue weighted by atomic mass is 9.84. The van der Waals surface area contributed by atoms with Crippen LogP contribution in [0.4, 0.5) is 5.82 Å². The molecule has 17 heavy (non-hydrogen) atoms. The highest BCUT2D eigenvalue weighted by Crippen LogP contribution is 2.30. The van der Waals surface area contributed by atoms with Crippen molar-refractivity contribution in [1.29, 1.82) is 0 Å². The van der Waals surface area contributed by atoms with Crippen LogP contribution in [-0.2, 0) is 0 Å². The molecule has 0 spiro atoms. The molecule has 2 heterocycles. The van der Waals surface area contributed by atoms with Crippen molar-refractivity contribution >= 4 is 5.82 Å². The Balaban J connectivity index is 2.12. The first-order valence-electron chi connectivity index (χ1n) is 6.37. The molecule has 3 heteroatoms. The molecule has 0 saturated carbocycles. The predicted molar refractivity (Wildman–Crippen MR) is 70.1 cm³/mol. The van der Waals surface area contributed by atoms with Crippen LogP contribution in [0.3, 0.4) is 0 Å². The molecule has 1 saturated heterocycles. The third kappa shape index (κ3) is 2.97. The second kappa shape index (κ2) is 4.65. The zero-order valence-electron chi connectivity index (χ0n) is 11.0. The summed E-state index contributed by atoms with van der Waals surface area (Å²) < 4.78 is 0. The summed E-state index contributed by atoms with van der Waals surface area (Å²) in [6, 6.07) is 3.98. The topological polar surface area (TPSA) is 36.4 Å². The molecule has 94 valence electrons. The van der Waals surface area contributed by atoms with Crippen LogP contribution < -0.4 is 4.90 Å². The average Bonchev–Trinajstić information content (AvgIpc) is 2.28. The lowest BCUT2D eigenvalue weighted by molar-refractivity contribution is 0.199. The molecule has 1 aliphatic heterocycles. The molecule has 1 N–H and O–H groups in total. The molecule has 0 aromatic carbocycles. The molecule has 1 fully saturated rings. The highest BCUT2D eigenvalue weighted by atomic mass is 16.3. The third-order valence-corrected chi connectivity index (χ3v) is 3.48. The number of nitrogens with zero attached hydrogens (tertiary/aromatic N) is 2. The summed E-state index contributed by atoms with van der Waals surface area (Å²) in [5.41, 5.74) is 1.26. The number of piperidine rings is 1. The van der Waals surface area contributed by atoms with Crippen LogP contribution in [0.15, 0.2) is 18.3 Å². The van der Waals surface area contributed by atoms with Gasteiger partial charge < -0.3 is 10.0 Å². The van der Waals surface area contributed by atoms with Gasteiger partial charge in [-0.2, -0.15) is 0 Å². The number of aliphatic hydroxyl groups is 1. The van der Waals surface area contributed by atoms with Crippen LogP contribution in [0.1, 0.15) is 45.3 Å². The van der Waals surface area contributed by atoms with Crippen molar-refractivity contribution in [1.82, 2.24) is 4.98 Å². The van der Waals surface area contributed by atoms with E-state index in [1.165, 1.54) is 12.8 Å². The number of hydrogen-bond acceptors (Lipinski definition) is 3. The van der Waals surface area contributed by atoms with Crippen molar-refractivity contribution in [3.63, 3.8) is 0 Å². The van der Waals surface area contributed by atoms with Crippen LogP contribution in [0.5, 0.6) is 0 Å². The second-order valence-corrected chi connectivity index (χ2v) is 5.82. The number of pyridine rings is 1. The van der Waals surface area contributed by atoms with Crippen molar-refractivity contribution in [3.05, 3.63) is 23.9 Å². The van der Waals surface area contributed by atoms with Crippen LogP contribution in [0.25, 0.3) is 0 Å². The maximum atomic E-state index is 9.45. The molecule has 1 aliphatic rings. The summed E-state index contributed by atoms with van der Waals surface area (Å²) in [5, 5.41) is 9.45. The van der Waals surface area contributed by atoms with Gasteiger partial charge in [-0.3, -0.25) is 0 Å². The Morgan fingerprint density at radius 3 is 2.71 bits per heavy atom. The number of anilines is 1. The smallest absolute Gasteiger partial charge is 0.128 e. The lowest BCUT2D eigenvalue weighted by Crippen LogP contribution is -2.40. The van der Waals surface area contributed by atoms with Gasteiger partial charge in [0.25, 0.3) is 0 Å². The first-order chi connectivity index (χ1) is 7.98. The highest BCUT2D eigenvalue weighted by molar-refractivity contribution is 5.40. The Kier molecular flexibility index (Phi) is 3.38. The lowest BCUT2D eigenvalue weighted by Gasteiger charge is -2.38. The van der Waals surface area contributed by atoms with Crippen LogP contribution in [0, 0.1) is 5.41 Å². The first-order valence-corrected chi connectivity index (χ1v) is 6.37. The van der Waals surface area contributed by atoms with Crippen LogP contribution in [-0.4, -0.2) is 23.2 Å². The zero-order chi connectivity index (χ0) is 12.5. The summed E-state index contributed by atoms with van der Waals surface area (Å²) in [4.78, 5) is 6.80. The van der Waals surface area contributed by atoms with Gasteiger partial charge in [-0.1, -0.05) is 19.9 Å². The zero-order valence-corrected chi connectivity index (χ0v) is 11.0. The van der Waals surface area contributed by atoms with Gasteiger partial charge in [-0.15, -0.1) is 0 Å². The third-order valence-electron chi connectivity index (χ3n) is 3.48. The highest BCUT2D eigenvalue weighted by Gasteiger charge is 2.26. The summed E-state index contributed by atoms with van der Waals surface area (Å²) in [5.74, 6) is 1.03. The van der Waals surface area contributed by atoms with E-state index in [9.17, 15) is 5.11 Å². The molecule has 1 aromatic rings. The molecule has 2 rings (SSSR count). The van der Waals surface area contributed by atoms with Crippen LogP contribution in [0.2, 0.25) is 0 Å². The summed E-state index contributed by atoms with van der Waals surface area (Å²) >= 11 is 0. The minimum Gasteiger partial charge on any atom is -0.389 e. The molecule has 0 aliphatic carbocycles. The number of rotatable bonds is 2. The van der Waals surface area contributed by atoms with Gasteiger partial charge in [0.05, 0.1) is 6.10 Å². The van der Waals surface area contributed by atoms with Gasteiger partial charge in [0.15, 0.2) is 0 Å². The second-order valence-electron chi connectivity index (χ2n) is 5.82. The molecule has 1 aromatic heterocycles. The number of hydrogen-bond donors (Lipinski definition) is 1. The SMILES string of the molecule is C[C@H](O)c1ccc(N2CCCC(C)(C)C2)nc1. The predicted octanol–water partition coefficient (Wildman–Crippen LogP) is 2.76. The summed E-state index contributed by atoms with van der Waals surface area (Å²) in [6.45, 7) is 8.53. The van der Waals surface area contributed by atoms with E-state index in [2.05, 4.69) is 23.7 Å². The van der Waals surface area contributed by atoms with E-state index in [0.29, 0.717) is 5.41 Å². The number of aliphatic hydroxyl groups excluding tert-OH is 1. The molecule has 0 bridgehead atoms. The molecule has 0 amide bonds. The fraction of sp³-hybridized carbons (Fsp3) is 0.643. The van der Waals surface area contributed by atoms with E-state index in [1.807, 2.05) is 12.1 Å². The quantitative estimate of drug-likeness (QED) is 0.854. The molecule has 3 nitrogen and oxygen atoms in total. The molecule has 0 radical (unpaired) electrons. The van der Waals surface area contributed by atoms with Crippen LogP contribution >= 0.6 is 0 Å². The normalized spacial score (nSPS) is 21.3. The van der Waals surface area contributed by atoms with Gasteiger partial charge in [0, 0.05) is 19.3 Å². The first kappa shape index (κ1) is 12.4. The Bertz CT molecular complexity index is 370. The van der Waals surface area contributed by atoms with Crippen molar-refractivity contribution in [2.24, 2.45) is 5.41 Å². The van der Waals surface area contributed by atoms with Gasteiger partial charge in [-0.05, 0) is 36.8 Å². The van der Waals surface area contributed by atoms with E-state index >= 15 is 0 Å². The minimum atomic E-state index is -0.436. The summed E-state index contributed by atoms with van der Waals surface area (Å²) in [7, 11) is 0. The van der Waals surface area contributed by atoms with Crippen molar-refractivity contribution in [3.8, 4) is 0 Å². The Labute approximate surface area is 103 Å². The number of aromatic nitrogens is 1. The van der Waals surface area contributed by atoms with E-state index in [0.717, 1.165) is 24.5 Å². The molecular weight excluding hydrogens is 212 g/mol. The van der Waals surface area contributed by atoms with Gasteiger partial charge >= 0.3 is 0 Å². The van der Waals surface area contributed by atoms with E-state index < -0.39 is 6.10 Å². The largest absolute Gasteiger partial charge is 0.389 e. The maximum Gasteiger partial charge on any atom is 0.128 e. The fourth-order valence-electron chi connectivity index (χ4n) is 2.45. The molecule has 1 atom stereocenters. The monoisotopic (exact) mass is 234 g/mol. The van der Waals surface area contributed by atoms with Gasteiger partial charge in [0.1, 0.15) is 5.82 Å². The van der Waals surface area contributed by atoms with Crippen molar-refractivity contribution in [2.75, 3.05) is 18.0 Å². The molecule has 0 unspecified atom stereocenters. The average molecular weight is 234 g/mol. The van der Waals surface area contributed by atoms with Crippen molar-refractivity contribution < 1.29 is 5.11 Å². The van der Waals surface area contributed by atoms with Gasteiger partial charge in [0.2, 0.25) is 0 Å². The maximum absolute atomic E-state index is 9.45.